The van der Waals surface area contributed by atoms with Gasteiger partial charge in [0, 0.05) is 23.6 Å². The molecule has 21 heavy (non-hydrogen) atoms. The van der Waals surface area contributed by atoms with E-state index in [1.165, 1.54) is 17.5 Å². The summed E-state index contributed by atoms with van der Waals surface area (Å²) in [6, 6.07) is 20.1. The van der Waals surface area contributed by atoms with Crippen molar-refractivity contribution < 1.29 is 4.74 Å². The first-order chi connectivity index (χ1) is 10.3. The van der Waals surface area contributed by atoms with Gasteiger partial charge in [-0.2, -0.15) is 0 Å². The fourth-order valence-corrected chi connectivity index (χ4v) is 3.09. The molecule has 0 aliphatic heterocycles. The van der Waals surface area contributed by atoms with Gasteiger partial charge < -0.3 is 10.1 Å². The second kappa shape index (κ2) is 6.31. The van der Waals surface area contributed by atoms with Crippen molar-refractivity contribution in [1.82, 2.24) is 5.32 Å². The van der Waals surface area contributed by atoms with Gasteiger partial charge in [-0.15, -0.1) is 0 Å². The Labute approximate surface area is 127 Å². The highest BCUT2D eigenvalue weighted by atomic mass is 16.5. The lowest BCUT2D eigenvalue weighted by Gasteiger charge is -2.20. The van der Waals surface area contributed by atoms with Crippen LogP contribution in [0.3, 0.4) is 0 Å². The highest BCUT2D eigenvalue weighted by Gasteiger charge is 2.39. The predicted molar refractivity (Wildman–Crippen MR) is 86.7 cm³/mol. The van der Waals surface area contributed by atoms with Gasteiger partial charge in [0.1, 0.15) is 5.75 Å². The number of hydrogen-bond acceptors (Lipinski definition) is 2. The Morgan fingerprint density at radius 1 is 1.10 bits per heavy atom. The maximum absolute atomic E-state index is 5.50. The van der Waals surface area contributed by atoms with Crippen LogP contribution in [0, 0.1) is 0 Å². The van der Waals surface area contributed by atoms with Crippen LogP contribution < -0.4 is 10.1 Å². The van der Waals surface area contributed by atoms with Gasteiger partial charge in [0.05, 0.1) is 7.11 Å². The van der Waals surface area contributed by atoms with Gasteiger partial charge >= 0.3 is 0 Å². The van der Waals surface area contributed by atoms with E-state index in [0.29, 0.717) is 18.0 Å². The third-order valence-corrected chi connectivity index (χ3v) is 4.36. The van der Waals surface area contributed by atoms with Crippen LogP contribution in [0.2, 0.25) is 0 Å². The first-order valence-corrected chi connectivity index (χ1v) is 7.77. The van der Waals surface area contributed by atoms with Crippen LogP contribution in [-0.2, 0) is 0 Å². The average molecular weight is 281 g/mol. The van der Waals surface area contributed by atoms with E-state index in [1.54, 1.807) is 7.11 Å². The van der Waals surface area contributed by atoms with Crippen LogP contribution in [0.4, 0.5) is 0 Å². The topological polar surface area (TPSA) is 21.3 Å². The number of methoxy groups -OCH3 is 1. The van der Waals surface area contributed by atoms with Crippen molar-refractivity contribution in [2.75, 3.05) is 7.11 Å². The van der Waals surface area contributed by atoms with Crippen molar-refractivity contribution in [3.63, 3.8) is 0 Å². The molecule has 3 atom stereocenters. The Morgan fingerprint density at radius 2 is 1.81 bits per heavy atom. The Balaban J connectivity index is 1.69. The minimum Gasteiger partial charge on any atom is -0.496 e. The lowest BCUT2D eigenvalue weighted by Crippen LogP contribution is -2.24. The largest absolute Gasteiger partial charge is 0.496 e. The van der Waals surface area contributed by atoms with Gasteiger partial charge in [0.15, 0.2) is 0 Å². The maximum atomic E-state index is 5.50. The van der Waals surface area contributed by atoms with E-state index in [2.05, 4.69) is 54.7 Å². The molecule has 3 rings (SSSR count). The van der Waals surface area contributed by atoms with Gasteiger partial charge in [-0.25, -0.2) is 0 Å². The summed E-state index contributed by atoms with van der Waals surface area (Å²) in [5.41, 5.74) is 2.71. The van der Waals surface area contributed by atoms with Crippen LogP contribution in [-0.4, -0.2) is 13.2 Å². The zero-order valence-corrected chi connectivity index (χ0v) is 12.8. The zero-order valence-electron chi connectivity index (χ0n) is 12.8. The summed E-state index contributed by atoms with van der Waals surface area (Å²) in [6.45, 7) is 2.23. The molecule has 0 heterocycles. The van der Waals surface area contributed by atoms with Crippen LogP contribution in [0.1, 0.15) is 42.9 Å². The third kappa shape index (κ3) is 3.11. The minimum atomic E-state index is 0.361. The van der Waals surface area contributed by atoms with Crippen molar-refractivity contribution >= 4 is 0 Å². The summed E-state index contributed by atoms with van der Waals surface area (Å²) in [5.74, 6) is 1.64. The molecule has 2 aromatic rings. The molecule has 0 radical (unpaired) electrons. The Hall–Kier alpha value is -1.80. The molecule has 2 nitrogen and oxygen atoms in total. The molecule has 3 unspecified atom stereocenters. The maximum Gasteiger partial charge on any atom is 0.123 e. The quantitative estimate of drug-likeness (QED) is 0.852. The van der Waals surface area contributed by atoms with Crippen LogP contribution in [0.5, 0.6) is 5.75 Å². The van der Waals surface area contributed by atoms with Gasteiger partial charge in [-0.05, 0) is 24.5 Å². The summed E-state index contributed by atoms with van der Waals surface area (Å²) in [7, 11) is 1.75. The third-order valence-electron chi connectivity index (χ3n) is 4.36. The molecule has 1 fully saturated rings. The molecular formula is C19H23NO. The van der Waals surface area contributed by atoms with Crippen molar-refractivity contribution in [3.8, 4) is 5.75 Å². The lowest BCUT2D eigenvalue weighted by atomic mass is 10.0. The second-order valence-electron chi connectivity index (χ2n) is 5.73. The Kier molecular flexibility index (Phi) is 4.26. The average Bonchev–Trinajstić information content (AvgIpc) is 3.33. The normalized spacial score (nSPS) is 21.8. The highest BCUT2D eigenvalue weighted by Crippen LogP contribution is 2.42. The molecule has 0 spiro atoms. The van der Waals surface area contributed by atoms with Gasteiger partial charge in [-0.1, -0.05) is 55.5 Å². The number of benzene rings is 2. The minimum absolute atomic E-state index is 0.361. The van der Waals surface area contributed by atoms with Crippen molar-refractivity contribution in [2.24, 2.45) is 0 Å². The number of nitrogens with one attached hydrogen (secondary N) is 1. The number of hydrogen-bond donors (Lipinski definition) is 1. The molecule has 0 bridgehead atoms. The molecule has 110 valence electrons. The first kappa shape index (κ1) is 14.2. The molecule has 0 amide bonds. The molecule has 1 aliphatic rings. The second-order valence-corrected chi connectivity index (χ2v) is 5.73. The standard InChI is InChI=1S/C19H23NO/c1-3-17(15-11-7-8-12-19(15)21-2)20-18-13-16(18)14-9-5-4-6-10-14/h4-12,16-18,20H,3,13H2,1-2H3. The lowest BCUT2D eigenvalue weighted by molar-refractivity contribution is 0.396. The number of ether oxygens (including phenoxy) is 1. The smallest absolute Gasteiger partial charge is 0.123 e. The summed E-state index contributed by atoms with van der Waals surface area (Å²) < 4.78 is 5.50. The van der Waals surface area contributed by atoms with E-state index < -0.39 is 0 Å². The predicted octanol–water partition coefficient (Wildman–Crippen LogP) is 4.29. The molecule has 1 aliphatic carbocycles. The van der Waals surface area contributed by atoms with Crippen molar-refractivity contribution in [3.05, 3.63) is 65.7 Å². The van der Waals surface area contributed by atoms with Crippen LogP contribution in [0.25, 0.3) is 0 Å². The zero-order chi connectivity index (χ0) is 14.7. The summed E-state index contributed by atoms with van der Waals surface area (Å²) in [4.78, 5) is 0. The summed E-state index contributed by atoms with van der Waals surface area (Å²) in [6.07, 6.45) is 2.30. The van der Waals surface area contributed by atoms with Crippen LogP contribution in [0.15, 0.2) is 54.6 Å². The molecular weight excluding hydrogens is 258 g/mol. The SMILES string of the molecule is CCC(NC1CC1c1ccccc1)c1ccccc1OC. The first-order valence-electron chi connectivity index (χ1n) is 7.77. The summed E-state index contributed by atoms with van der Waals surface area (Å²) >= 11 is 0. The van der Waals surface area contributed by atoms with E-state index in [1.807, 2.05) is 12.1 Å². The van der Waals surface area contributed by atoms with Crippen molar-refractivity contribution in [2.45, 2.75) is 37.8 Å². The fraction of sp³-hybridized carbons (Fsp3) is 0.368. The Bertz CT molecular complexity index is 581. The van der Waals surface area contributed by atoms with Crippen molar-refractivity contribution in [1.29, 1.82) is 0 Å². The van der Waals surface area contributed by atoms with E-state index in [-0.39, 0.29) is 0 Å². The Morgan fingerprint density at radius 3 is 2.52 bits per heavy atom. The molecule has 0 saturated heterocycles. The van der Waals surface area contributed by atoms with E-state index in [4.69, 9.17) is 4.74 Å². The molecule has 2 heteroatoms. The van der Waals surface area contributed by atoms with E-state index >= 15 is 0 Å². The molecule has 1 saturated carbocycles. The monoisotopic (exact) mass is 281 g/mol. The van der Waals surface area contributed by atoms with Gasteiger partial charge in [-0.3, -0.25) is 0 Å². The fourth-order valence-electron chi connectivity index (χ4n) is 3.09. The van der Waals surface area contributed by atoms with Gasteiger partial charge in [0.2, 0.25) is 0 Å². The number of rotatable bonds is 6. The van der Waals surface area contributed by atoms with E-state index in [9.17, 15) is 0 Å². The summed E-state index contributed by atoms with van der Waals surface area (Å²) in [5, 5.41) is 3.80. The molecule has 0 aromatic heterocycles. The van der Waals surface area contributed by atoms with Gasteiger partial charge in [0.25, 0.3) is 0 Å². The number of para-hydroxylation sites is 1. The van der Waals surface area contributed by atoms with E-state index in [0.717, 1.165) is 12.2 Å². The van der Waals surface area contributed by atoms with Crippen LogP contribution >= 0.6 is 0 Å². The highest BCUT2D eigenvalue weighted by molar-refractivity contribution is 5.36. The molecule has 2 aromatic carbocycles. The molecule has 1 N–H and O–H groups in total.